The van der Waals surface area contributed by atoms with Crippen LogP contribution in [-0.2, 0) is 16.1 Å². The van der Waals surface area contributed by atoms with Gasteiger partial charge in [-0.15, -0.1) is 0 Å². The van der Waals surface area contributed by atoms with Gasteiger partial charge in [0.15, 0.2) is 0 Å². The van der Waals surface area contributed by atoms with Gasteiger partial charge in [-0.1, -0.05) is 30.3 Å². The van der Waals surface area contributed by atoms with Crippen LogP contribution in [0.25, 0.3) is 0 Å². The number of nitrogens with zero attached hydrogens (tertiary/aromatic N) is 1. The number of hydrogen-bond acceptors (Lipinski definition) is 4. The second-order valence-corrected chi connectivity index (χ2v) is 6.36. The Morgan fingerprint density at radius 2 is 1.70 bits per heavy atom. The molecular formula is C20H21N3O4. The Hall–Kier alpha value is -3.35. The monoisotopic (exact) mass is 367 g/mol. The molecule has 0 radical (unpaired) electrons. The van der Waals surface area contributed by atoms with Crippen LogP contribution in [0.1, 0.15) is 18.4 Å². The van der Waals surface area contributed by atoms with Crippen molar-refractivity contribution in [2.45, 2.75) is 25.4 Å². The van der Waals surface area contributed by atoms with Crippen molar-refractivity contribution in [1.29, 1.82) is 0 Å². The summed E-state index contributed by atoms with van der Waals surface area (Å²) in [7, 11) is 1.71. The van der Waals surface area contributed by atoms with Gasteiger partial charge in [-0.05, 0) is 36.2 Å². The molecule has 4 amide bonds. The summed E-state index contributed by atoms with van der Waals surface area (Å²) in [4.78, 5) is 36.4. The quantitative estimate of drug-likeness (QED) is 0.736. The Kier molecular flexibility index (Phi) is 5.71. The number of carbonyl (C=O) groups excluding carboxylic acids is 3. The van der Waals surface area contributed by atoms with Crippen molar-refractivity contribution < 1.29 is 19.1 Å². The average molecular weight is 367 g/mol. The Morgan fingerprint density at radius 3 is 2.33 bits per heavy atom. The van der Waals surface area contributed by atoms with Gasteiger partial charge in [0.25, 0.3) is 5.91 Å². The second-order valence-electron chi connectivity index (χ2n) is 6.36. The molecule has 1 saturated heterocycles. The number of hydrogen-bond donors (Lipinski definition) is 2. The first-order valence-corrected chi connectivity index (χ1v) is 8.68. The lowest BCUT2D eigenvalue weighted by Gasteiger charge is -2.18. The number of carbonyl (C=O) groups is 3. The number of benzene rings is 2. The minimum absolute atomic E-state index is 0.0893. The van der Waals surface area contributed by atoms with Crippen molar-refractivity contribution >= 4 is 17.8 Å². The van der Waals surface area contributed by atoms with E-state index in [4.69, 9.17) is 4.74 Å². The summed E-state index contributed by atoms with van der Waals surface area (Å²) in [5, 5.41) is 4.65. The molecule has 1 unspecified atom stereocenters. The van der Waals surface area contributed by atoms with Crippen molar-refractivity contribution in [1.82, 2.24) is 15.5 Å². The van der Waals surface area contributed by atoms with E-state index in [1.54, 1.807) is 11.9 Å². The van der Waals surface area contributed by atoms with Crippen molar-refractivity contribution in [3.8, 4) is 11.5 Å². The second kappa shape index (κ2) is 8.35. The highest BCUT2D eigenvalue weighted by molar-refractivity contribution is 6.04. The fourth-order valence-electron chi connectivity index (χ4n) is 2.77. The van der Waals surface area contributed by atoms with Crippen LogP contribution in [0.5, 0.6) is 11.5 Å². The number of amides is 4. The first-order valence-electron chi connectivity index (χ1n) is 8.68. The highest BCUT2D eigenvalue weighted by Gasteiger charge is 2.29. The maximum absolute atomic E-state index is 12.3. The standard InChI is InChI=1S/C20H21N3O4/c1-23(18(24)12-11-17-19(25)22-20(26)21-17)13-14-7-9-16(10-8-14)27-15-5-3-2-4-6-15/h2-10,17H,11-13H2,1H3,(H2,21,22,25,26). The molecule has 0 bridgehead atoms. The summed E-state index contributed by atoms with van der Waals surface area (Å²) < 4.78 is 5.75. The lowest BCUT2D eigenvalue weighted by atomic mass is 10.1. The van der Waals surface area contributed by atoms with E-state index in [-0.39, 0.29) is 24.7 Å². The number of para-hydroxylation sites is 1. The summed E-state index contributed by atoms with van der Waals surface area (Å²) >= 11 is 0. The van der Waals surface area contributed by atoms with Crippen LogP contribution in [0.4, 0.5) is 4.79 Å². The lowest BCUT2D eigenvalue weighted by Crippen LogP contribution is -2.32. The van der Waals surface area contributed by atoms with Crippen molar-refractivity contribution in [2.24, 2.45) is 0 Å². The number of imide groups is 1. The fraction of sp³-hybridized carbons (Fsp3) is 0.250. The van der Waals surface area contributed by atoms with Crippen LogP contribution in [0.3, 0.4) is 0 Å². The molecule has 1 heterocycles. The van der Waals surface area contributed by atoms with Crippen LogP contribution in [0.2, 0.25) is 0 Å². The molecule has 0 saturated carbocycles. The van der Waals surface area contributed by atoms with Gasteiger partial charge in [-0.2, -0.15) is 0 Å². The van der Waals surface area contributed by atoms with Gasteiger partial charge in [-0.25, -0.2) is 4.79 Å². The molecule has 7 nitrogen and oxygen atoms in total. The highest BCUT2D eigenvalue weighted by Crippen LogP contribution is 2.21. The molecule has 1 atom stereocenters. The zero-order valence-corrected chi connectivity index (χ0v) is 15.0. The molecule has 2 aromatic carbocycles. The third-order valence-electron chi connectivity index (χ3n) is 4.25. The minimum atomic E-state index is -0.635. The summed E-state index contributed by atoms with van der Waals surface area (Å²) in [5.41, 5.74) is 0.971. The van der Waals surface area contributed by atoms with Gasteiger partial charge >= 0.3 is 6.03 Å². The topological polar surface area (TPSA) is 87.7 Å². The largest absolute Gasteiger partial charge is 0.457 e. The first-order chi connectivity index (χ1) is 13.0. The van der Waals surface area contributed by atoms with Gasteiger partial charge in [0.2, 0.25) is 5.91 Å². The van der Waals surface area contributed by atoms with E-state index in [0.29, 0.717) is 6.54 Å². The Labute approximate surface area is 157 Å². The number of rotatable bonds is 7. The number of urea groups is 1. The third-order valence-corrected chi connectivity index (χ3v) is 4.25. The molecule has 0 aliphatic carbocycles. The van der Waals surface area contributed by atoms with E-state index < -0.39 is 12.1 Å². The van der Waals surface area contributed by atoms with Crippen LogP contribution >= 0.6 is 0 Å². The maximum atomic E-state index is 12.3. The van der Waals surface area contributed by atoms with Crippen LogP contribution in [0, 0.1) is 0 Å². The van der Waals surface area contributed by atoms with E-state index in [1.165, 1.54) is 0 Å². The lowest BCUT2D eigenvalue weighted by molar-refractivity contribution is -0.130. The zero-order valence-electron chi connectivity index (χ0n) is 15.0. The summed E-state index contributed by atoms with van der Waals surface area (Å²) in [6, 6.07) is 15.9. The number of nitrogens with one attached hydrogen (secondary N) is 2. The summed E-state index contributed by atoms with van der Waals surface area (Å²) in [5.74, 6) is 1.01. The summed E-state index contributed by atoms with van der Waals surface area (Å²) in [6.45, 7) is 0.452. The van der Waals surface area contributed by atoms with E-state index in [2.05, 4.69) is 10.6 Å². The molecule has 1 fully saturated rings. The Balaban J connectivity index is 1.48. The van der Waals surface area contributed by atoms with Crippen molar-refractivity contribution in [2.75, 3.05) is 7.05 Å². The van der Waals surface area contributed by atoms with E-state index in [1.807, 2.05) is 54.6 Å². The van der Waals surface area contributed by atoms with Gasteiger partial charge in [0.05, 0.1) is 0 Å². The molecule has 7 heteroatoms. The molecule has 140 valence electrons. The van der Waals surface area contributed by atoms with Crippen molar-refractivity contribution in [3.05, 3.63) is 60.2 Å². The SMILES string of the molecule is CN(Cc1ccc(Oc2ccccc2)cc1)C(=O)CCC1NC(=O)NC1=O. The van der Waals surface area contributed by atoms with Gasteiger partial charge in [0.1, 0.15) is 17.5 Å². The third kappa shape index (κ3) is 5.07. The molecule has 3 rings (SSSR count). The van der Waals surface area contributed by atoms with E-state index in [9.17, 15) is 14.4 Å². The van der Waals surface area contributed by atoms with Crippen LogP contribution < -0.4 is 15.4 Å². The average Bonchev–Trinajstić information content (AvgIpc) is 2.99. The maximum Gasteiger partial charge on any atom is 0.322 e. The predicted molar refractivity (Wildman–Crippen MR) is 99.1 cm³/mol. The van der Waals surface area contributed by atoms with E-state index >= 15 is 0 Å². The molecule has 27 heavy (non-hydrogen) atoms. The van der Waals surface area contributed by atoms with Crippen molar-refractivity contribution in [3.63, 3.8) is 0 Å². The first kappa shape index (κ1) is 18.4. The van der Waals surface area contributed by atoms with Crippen LogP contribution in [0.15, 0.2) is 54.6 Å². The Bertz CT molecular complexity index is 821. The highest BCUT2D eigenvalue weighted by atomic mass is 16.5. The summed E-state index contributed by atoms with van der Waals surface area (Å²) in [6.07, 6.45) is 0.467. The number of ether oxygens (including phenoxy) is 1. The predicted octanol–water partition coefficient (Wildman–Crippen LogP) is 2.43. The van der Waals surface area contributed by atoms with Gasteiger partial charge < -0.3 is 15.0 Å². The molecule has 0 spiro atoms. The molecule has 2 aromatic rings. The fourth-order valence-corrected chi connectivity index (χ4v) is 2.77. The molecule has 1 aliphatic heterocycles. The zero-order chi connectivity index (χ0) is 19.2. The molecule has 0 aromatic heterocycles. The van der Waals surface area contributed by atoms with Gasteiger partial charge in [0, 0.05) is 20.0 Å². The normalized spacial score (nSPS) is 15.8. The molecular weight excluding hydrogens is 346 g/mol. The molecule has 2 N–H and O–H groups in total. The van der Waals surface area contributed by atoms with Gasteiger partial charge in [-0.3, -0.25) is 14.9 Å². The Morgan fingerprint density at radius 1 is 1.04 bits per heavy atom. The van der Waals surface area contributed by atoms with E-state index in [0.717, 1.165) is 17.1 Å². The minimum Gasteiger partial charge on any atom is -0.457 e. The molecule has 1 aliphatic rings. The van der Waals surface area contributed by atoms with Crippen LogP contribution in [-0.4, -0.2) is 35.8 Å². The smallest absolute Gasteiger partial charge is 0.322 e.